The highest BCUT2D eigenvalue weighted by molar-refractivity contribution is 6.30. The summed E-state index contributed by atoms with van der Waals surface area (Å²) in [4.78, 5) is 12.7. The van der Waals surface area contributed by atoms with Crippen LogP contribution in [0.15, 0.2) is 24.3 Å². The maximum Gasteiger partial charge on any atom is 0.303 e. The van der Waals surface area contributed by atoms with Crippen LogP contribution < -0.4 is 0 Å². The molecule has 4 heteroatoms. The molecular weight excluding hydrogens is 262 g/mol. The number of carboxylic acids is 1. The number of rotatable bonds is 8. The van der Waals surface area contributed by atoms with Gasteiger partial charge in [-0.15, -0.1) is 0 Å². The van der Waals surface area contributed by atoms with Crippen molar-refractivity contribution in [2.24, 2.45) is 0 Å². The summed E-state index contributed by atoms with van der Waals surface area (Å²) in [5.41, 5.74) is 1.27. The molecule has 0 amide bonds. The van der Waals surface area contributed by atoms with Gasteiger partial charge in [0, 0.05) is 17.5 Å². The Morgan fingerprint density at radius 1 is 1.32 bits per heavy atom. The van der Waals surface area contributed by atoms with E-state index in [4.69, 9.17) is 16.7 Å². The van der Waals surface area contributed by atoms with E-state index in [1.165, 1.54) is 5.56 Å². The number of unbranched alkanes of at least 4 members (excludes halogenated alkanes) is 1. The van der Waals surface area contributed by atoms with E-state index in [0.717, 1.165) is 30.8 Å². The molecule has 0 aliphatic carbocycles. The van der Waals surface area contributed by atoms with Crippen LogP contribution in [0.3, 0.4) is 0 Å². The molecule has 0 bridgehead atoms. The SMILES string of the molecule is CC(Cc1ccc(Cl)cc1)N(C)CCCCC(=O)O. The number of carbonyl (C=O) groups is 1. The van der Waals surface area contributed by atoms with Gasteiger partial charge in [0.1, 0.15) is 0 Å². The van der Waals surface area contributed by atoms with Gasteiger partial charge >= 0.3 is 5.97 Å². The molecule has 0 radical (unpaired) electrons. The average molecular weight is 284 g/mol. The molecule has 1 aromatic rings. The van der Waals surface area contributed by atoms with E-state index in [2.05, 4.69) is 31.0 Å². The largest absolute Gasteiger partial charge is 0.481 e. The molecule has 0 saturated heterocycles. The van der Waals surface area contributed by atoms with E-state index in [0.29, 0.717) is 6.04 Å². The molecule has 0 aliphatic heterocycles. The number of likely N-dealkylation sites (N-methyl/N-ethyl adjacent to an activating group) is 1. The zero-order chi connectivity index (χ0) is 14.3. The van der Waals surface area contributed by atoms with Crippen molar-refractivity contribution in [3.05, 3.63) is 34.9 Å². The predicted molar refractivity (Wildman–Crippen MR) is 78.7 cm³/mol. The Bertz CT molecular complexity index is 392. The molecule has 0 aliphatic rings. The summed E-state index contributed by atoms with van der Waals surface area (Å²) in [5.74, 6) is -0.711. The maximum absolute atomic E-state index is 10.4. The highest BCUT2D eigenvalue weighted by atomic mass is 35.5. The van der Waals surface area contributed by atoms with Crippen molar-refractivity contribution in [3.63, 3.8) is 0 Å². The smallest absolute Gasteiger partial charge is 0.303 e. The summed E-state index contributed by atoms with van der Waals surface area (Å²) in [5, 5.41) is 9.34. The van der Waals surface area contributed by atoms with Crippen molar-refractivity contribution in [1.29, 1.82) is 0 Å². The van der Waals surface area contributed by atoms with Crippen molar-refractivity contribution >= 4 is 17.6 Å². The Labute approximate surface area is 120 Å². The predicted octanol–water partition coefficient (Wildman–Crippen LogP) is 3.46. The van der Waals surface area contributed by atoms with Gasteiger partial charge in [-0.2, -0.15) is 0 Å². The number of hydrogen-bond acceptors (Lipinski definition) is 2. The third-order valence-corrected chi connectivity index (χ3v) is 3.60. The Morgan fingerprint density at radius 2 is 1.95 bits per heavy atom. The van der Waals surface area contributed by atoms with Gasteiger partial charge < -0.3 is 10.0 Å². The molecule has 106 valence electrons. The lowest BCUT2D eigenvalue weighted by molar-refractivity contribution is -0.137. The van der Waals surface area contributed by atoms with Crippen LogP contribution in [0.4, 0.5) is 0 Å². The lowest BCUT2D eigenvalue weighted by atomic mass is 10.1. The summed E-state index contributed by atoms with van der Waals surface area (Å²) in [6.07, 6.45) is 2.91. The van der Waals surface area contributed by atoms with E-state index in [-0.39, 0.29) is 6.42 Å². The van der Waals surface area contributed by atoms with Gasteiger partial charge in [0.05, 0.1) is 0 Å². The Kier molecular flexibility index (Phi) is 6.89. The van der Waals surface area contributed by atoms with E-state index in [1.807, 2.05) is 12.1 Å². The molecule has 1 N–H and O–H groups in total. The standard InChI is InChI=1S/C15H22ClNO2/c1-12(11-13-6-8-14(16)9-7-13)17(2)10-4-3-5-15(18)19/h6-9,12H,3-5,10-11H2,1-2H3,(H,18,19). The van der Waals surface area contributed by atoms with Gasteiger partial charge in [0.2, 0.25) is 0 Å². The van der Waals surface area contributed by atoms with Crippen molar-refractivity contribution < 1.29 is 9.90 Å². The minimum absolute atomic E-state index is 0.263. The fraction of sp³-hybridized carbons (Fsp3) is 0.533. The molecule has 0 spiro atoms. The summed E-state index contributed by atoms with van der Waals surface area (Å²) < 4.78 is 0. The number of hydrogen-bond donors (Lipinski definition) is 1. The van der Waals surface area contributed by atoms with E-state index < -0.39 is 5.97 Å². The minimum Gasteiger partial charge on any atom is -0.481 e. The zero-order valence-electron chi connectivity index (χ0n) is 11.6. The Balaban J connectivity index is 2.29. The zero-order valence-corrected chi connectivity index (χ0v) is 12.4. The van der Waals surface area contributed by atoms with Gasteiger partial charge in [-0.1, -0.05) is 23.7 Å². The van der Waals surface area contributed by atoms with Crippen LogP contribution in [0, 0.1) is 0 Å². The third-order valence-electron chi connectivity index (χ3n) is 3.35. The molecule has 1 aromatic carbocycles. The van der Waals surface area contributed by atoms with E-state index >= 15 is 0 Å². The number of benzene rings is 1. The fourth-order valence-corrected chi connectivity index (χ4v) is 2.10. The normalized spacial score (nSPS) is 12.6. The first-order valence-electron chi connectivity index (χ1n) is 6.65. The lowest BCUT2D eigenvalue weighted by Crippen LogP contribution is -2.31. The van der Waals surface area contributed by atoms with E-state index in [9.17, 15) is 4.79 Å². The second-order valence-corrected chi connectivity index (χ2v) is 5.45. The van der Waals surface area contributed by atoms with Gasteiger partial charge in [-0.05, 0) is 57.5 Å². The lowest BCUT2D eigenvalue weighted by Gasteiger charge is -2.24. The Morgan fingerprint density at radius 3 is 2.53 bits per heavy atom. The van der Waals surface area contributed by atoms with Crippen molar-refractivity contribution in [1.82, 2.24) is 4.90 Å². The molecule has 0 aromatic heterocycles. The number of aliphatic carboxylic acids is 1. The van der Waals surface area contributed by atoms with Gasteiger partial charge in [-0.25, -0.2) is 0 Å². The van der Waals surface area contributed by atoms with Crippen LogP contribution >= 0.6 is 11.6 Å². The second-order valence-electron chi connectivity index (χ2n) is 5.01. The second kappa shape index (κ2) is 8.18. The summed E-state index contributed by atoms with van der Waals surface area (Å²) in [6.45, 7) is 3.12. The molecule has 19 heavy (non-hydrogen) atoms. The van der Waals surface area contributed by atoms with Crippen LogP contribution in [0.25, 0.3) is 0 Å². The molecule has 0 heterocycles. The van der Waals surface area contributed by atoms with Gasteiger partial charge in [0.15, 0.2) is 0 Å². The van der Waals surface area contributed by atoms with Crippen LogP contribution in [0.2, 0.25) is 5.02 Å². The highest BCUT2D eigenvalue weighted by Gasteiger charge is 2.10. The first-order valence-corrected chi connectivity index (χ1v) is 7.03. The van der Waals surface area contributed by atoms with Crippen LogP contribution in [0.1, 0.15) is 31.7 Å². The molecular formula is C15H22ClNO2. The summed E-state index contributed by atoms with van der Waals surface area (Å²) in [7, 11) is 2.08. The van der Waals surface area contributed by atoms with Crippen LogP contribution in [-0.2, 0) is 11.2 Å². The van der Waals surface area contributed by atoms with Crippen molar-refractivity contribution in [2.75, 3.05) is 13.6 Å². The third kappa shape index (κ3) is 6.60. The molecule has 1 rings (SSSR count). The molecule has 1 atom stereocenters. The molecule has 1 unspecified atom stereocenters. The van der Waals surface area contributed by atoms with Gasteiger partial charge in [0.25, 0.3) is 0 Å². The number of carboxylic acid groups (broad SMARTS) is 1. The molecule has 3 nitrogen and oxygen atoms in total. The van der Waals surface area contributed by atoms with E-state index in [1.54, 1.807) is 0 Å². The monoisotopic (exact) mass is 283 g/mol. The maximum atomic E-state index is 10.4. The Hall–Kier alpha value is -1.06. The topological polar surface area (TPSA) is 40.5 Å². The minimum atomic E-state index is -0.711. The van der Waals surface area contributed by atoms with Crippen LogP contribution in [-0.4, -0.2) is 35.6 Å². The van der Waals surface area contributed by atoms with Gasteiger partial charge in [-0.3, -0.25) is 4.79 Å². The molecule has 0 saturated carbocycles. The quantitative estimate of drug-likeness (QED) is 0.743. The van der Waals surface area contributed by atoms with Crippen molar-refractivity contribution in [3.8, 4) is 0 Å². The molecule has 0 fully saturated rings. The fourth-order valence-electron chi connectivity index (χ4n) is 1.98. The average Bonchev–Trinajstić information content (AvgIpc) is 2.36. The first kappa shape index (κ1) is 16.0. The number of nitrogens with zero attached hydrogens (tertiary/aromatic N) is 1. The number of halogens is 1. The van der Waals surface area contributed by atoms with Crippen molar-refractivity contribution in [2.45, 2.75) is 38.6 Å². The van der Waals surface area contributed by atoms with Crippen LogP contribution in [0.5, 0.6) is 0 Å². The summed E-state index contributed by atoms with van der Waals surface area (Å²) in [6, 6.07) is 8.37. The summed E-state index contributed by atoms with van der Waals surface area (Å²) >= 11 is 5.86. The highest BCUT2D eigenvalue weighted by Crippen LogP contribution is 2.13. The first-order chi connectivity index (χ1) is 8.99.